The Balaban J connectivity index is 4.49. The van der Waals surface area contributed by atoms with Crippen molar-refractivity contribution in [3.63, 3.8) is 0 Å². The number of allylic oxidation sites excluding steroid dienone is 3. The van der Waals surface area contributed by atoms with Crippen LogP contribution in [0.25, 0.3) is 0 Å². The molecule has 0 heterocycles. The van der Waals surface area contributed by atoms with Crippen LogP contribution in [0.2, 0.25) is 0 Å². The van der Waals surface area contributed by atoms with Crippen molar-refractivity contribution in [2.45, 2.75) is 77.3 Å². The molecule has 0 aliphatic heterocycles. The summed E-state index contributed by atoms with van der Waals surface area (Å²) in [5, 5.41) is 38.8. The van der Waals surface area contributed by atoms with Crippen molar-refractivity contribution in [3.8, 4) is 0 Å². The lowest BCUT2D eigenvalue weighted by Gasteiger charge is -2.32. The van der Waals surface area contributed by atoms with Crippen LogP contribution in [-0.4, -0.2) is 58.6 Å². The van der Waals surface area contributed by atoms with Gasteiger partial charge < -0.3 is 25.2 Å². The zero-order valence-corrected chi connectivity index (χ0v) is 16.2. The summed E-state index contributed by atoms with van der Waals surface area (Å²) in [5.41, 5.74) is 0. The van der Waals surface area contributed by atoms with E-state index in [4.69, 9.17) is 9.84 Å². The lowest BCUT2D eigenvalue weighted by molar-refractivity contribution is -0.108. The van der Waals surface area contributed by atoms with E-state index in [1.807, 2.05) is 25.2 Å². The van der Waals surface area contributed by atoms with Gasteiger partial charge >= 0.3 is 0 Å². The molecule has 0 aromatic rings. The summed E-state index contributed by atoms with van der Waals surface area (Å²) in [5.74, 6) is 0.431. The fourth-order valence-electron chi connectivity index (χ4n) is 2.99. The molecule has 5 nitrogen and oxygen atoms in total. The van der Waals surface area contributed by atoms with Crippen LogP contribution >= 0.6 is 0 Å². The van der Waals surface area contributed by atoms with E-state index in [-0.39, 0.29) is 25.0 Å². The van der Waals surface area contributed by atoms with E-state index in [9.17, 15) is 15.3 Å². The van der Waals surface area contributed by atoms with Gasteiger partial charge in [0.1, 0.15) is 6.10 Å². The molecule has 0 bridgehead atoms. The van der Waals surface area contributed by atoms with Gasteiger partial charge in [-0.1, -0.05) is 44.6 Å². The largest absolute Gasteiger partial charge is 0.396 e. The molecule has 0 rings (SSSR count). The van der Waals surface area contributed by atoms with Crippen molar-refractivity contribution in [1.29, 1.82) is 0 Å². The SMILES string of the molecule is CCC(CC(C)CC=CC=CCC(C)O)C(O)C(OC)C(O)CCO. The molecule has 4 N–H and O–H groups in total. The Morgan fingerprint density at radius 1 is 1.00 bits per heavy atom. The van der Waals surface area contributed by atoms with Crippen molar-refractivity contribution in [2.24, 2.45) is 11.8 Å². The van der Waals surface area contributed by atoms with Crippen molar-refractivity contribution < 1.29 is 25.2 Å². The highest BCUT2D eigenvalue weighted by Crippen LogP contribution is 2.26. The van der Waals surface area contributed by atoms with Crippen molar-refractivity contribution in [2.75, 3.05) is 13.7 Å². The lowest BCUT2D eigenvalue weighted by atomic mass is 9.84. The number of methoxy groups -OCH3 is 1. The Labute approximate surface area is 153 Å². The van der Waals surface area contributed by atoms with Gasteiger partial charge in [-0.2, -0.15) is 0 Å². The summed E-state index contributed by atoms with van der Waals surface area (Å²) >= 11 is 0. The molecule has 6 unspecified atom stereocenters. The molecule has 0 saturated carbocycles. The van der Waals surface area contributed by atoms with Gasteiger partial charge in [0.15, 0.2) is 0 Å². The molecule has 0 amide bonds. The molecule has 0 aromatic heterocycles. The lowest BCUT2D eigenvalue weighted by Crippen LogP contribution is -2.44. The monoisotopic (exact) mass is 358 g/mol. The minimum Gasteiger partial charge on any atom is -0.396 e. The number of aliphatic hydroxyl groups excluding tert-OH is 4. The first kappa shape index (κ1) is 24.3. The average molecular weight is 359 g/mol. The second kappa shape index (κ2) is 14.4. The zero-order valence-electron chi connectivity index (χ0n) is 16.2. The second-order valence-electron chi connectivity index (χ2n) is 6.96. The number of aliphatic hydroxyl groups is 4. The smallest absolute Gasteiger partial charge is 0.109 e. The van der Waals surface area contributed by atoms with Gasteiger partial charge in [0.2, 0.25) is 0 Å². The standard InChI is InChI=1S/C20H38O5/c1-5-17(19(24)20(25-4)18(23)12-13-21)14-15(2)10-8-6-7-9-11-16(3)22/h6-9,15-24H,5,10-14H2,1-4H3. The van der Waals surface area contributed by atoms with Crippen molar-refractivity contribution in [1.82, 2.24) is 0 Å². The van der Waals surface area contributed by atoms with E-state index in [0.29, 0.717) is 12.3 Å². The second-order valence-corrected chi connectivity index (χ2v) is 6.96. The fraction of sp³-hybridized carbons (Fsp3) is 0.800. The summed E-state index contributed by atoms with van der Waals surface area (Å²) in [6, 6.07) is 0. The van der Waals surface area contributed by atoms with Crippen LogP contribution in [0.15, 0.2) is 24.3 Å². The maximum absolute atomic E-state index is 10.6. The highest BCUT2D eigenvalue weighted by Gasteiger charge is 2.32. The third-order valence-corrected chi connectivity index (χ3v) is 4.52. The van der Waals surface area contributed by atoms with Gasteiger partial charge in [-0.05, 0) is 44.4 Å². The number of hydrogen-bond acceptors (Lipinski definition) is 5. The third kappa shape index (κ3) is 10.8. The predicted octanol–water partition coefficient (Wildman–Crippen LogP) is 2.43. The Hall–Kier alpha value is -0.720. The first-order chi connectivity index (χ1) is 11.9. The van der Waals surface area contributed by atoms with Crippen LogP contribution in [-0.2, 0) is 4.74 Å². The van der Waals surface area contributed by atoms with Gasteiger partial charge in [-0.3, -0.25) is 0 Å². The van der Waals surface area contributed by atoms with Crippen LogP contribution in [0, 0.1) is 11.8 Å². The molecule has 0 radical (unpaired) electrons. The van der Waals surface area contributed by atoms with Gasteiger partial charge in [0.25, 0.3) is 0 Å². The summed E-state index contributed by atoms with van der Waals surface area (Å²) < 4.78 is 5.28. The van der Waals surface area contributed by atoms with Crippen LogP contribution in [0.5, 0.6) is 0 Å². The average Bonchev–Trinajstić information content (AvgIpc) is 2.56. The molecule has 25 heavy (non-hydrogen) atoms. The molecule has 0 aliphatic rings. The Kier molecular flexibility index (Phi) is 14.0. The van der Waals surface area contributed by atoms with Gasteiger partial charge in [0, 0.05) is 13.7 Å². The van der Waals surface area contributed by atoms with Crippen LogP contribution in [0.3, 0.4) is 0 Å². The summed E-state index contributed by atoms with van der Waals surface area (Å²) in [7, 11) is 1.48. The van der Waals surface area contributed by atoms with Gasteiger partial charge in [-0.25, -0.2) is 0 Å². The molecular formula is C20H38O5. The van der Waals surface area contributed by atoms with E-state index in [2.05, 4.69) is 13.0 Å². The third-order valence-electron chi connectivity index (χ3n) is 4.52. The predicted molar refractivity (Wildman–Crippen MR) is 101 cm³/mol. The van der Waals surface area contributed by atoms with E-state index in [1.165, 1.54) is 7.11 Å². The van der Waals surface area contributed by atoms with Crippen molar-refractivity contribution >= 4 is 0 Å². The molecule has 0 spiro atoms. The summed E-state index contributed by atoms with van der Waals surface area (Å²) in [6.45, 7) is 5.80. The molecule has 6 atom stereocenters. The quantitative estimate of drug-likeness (QED) is 0.358. The summed E-state index contributed by atoms with van der Waals surface area (Å²) in [6.07, 6.45) is 8.74. The molecule has 5 heteroatoms. The Morgan fingerprint density at radius 2 is 1.60 bits per heavy atom. The van der Waals surface area contributed by atoms with Crippen molar-refractivity contribution in [3.05, 3.63) is 24.3 Å². The molecular weight excluding hydrogens is 320 g/mol. The molecule has 148 valence electrons. The molecule has 0 aromatic carbocycles. The van der Waals surface area contributed by atoms with E-state index >= 15 is 0 Å². The normalized spacial score (nSPS) is 19.8. The maximum Gasteiger partial charge on any atom is 0.109 e. The van der Waals surface area contributed by atoms with Gasteiger partial charge in [0.05, 0.1) is 18.3 Å². The Bertz CT molecular complexity index is 367. The first-order valence-electron chi connectivity index (χ1n) is 9.36. The fourth-order valence-corrected chi connectivity index (χ4v) is 2.99. The zero-order chi connectivity index (χ0) is 19.2. The Morgan fingerprint density at radius 3 is 2.08 bits per heavy atom. The maximum atomic E-state index is 10.6. The van der Waals surface area contributed by atoms with Gasteiger partial charge in [-0.15, -0.1) is 0 Å². The van der Waals surface area contributed by atoms with Crippen LogP contribution < -0.4 is 0 Å². The number of rotatable bonds is 14. The number of ether oxygens (including phenoxy) is 1. The highest BCUT2D eigenvalue weighted by atomic mass is 16.5. The van der Waals surface area contributed by atoms with Crippen LogP contribution in [0.4, 0.5) is 0 Å². The minimum absolute atomic E-state index is 0.0347. The topological polar surface area (TPSA) is 90.2 Å². The van der Waals surface area contributed by atoms with E-state index in [1.54, 1.807) is 6.92 Å². The highest BCUT2D eigenvalue weighted by molar-refractivity contribution is 5.03. The molecule has 0 aliphatic carbocycles. The van der Waals surface area contributed by atoms with E-state index < -0.39 is 18.3 Å². The minimum atomic E-state index is -0.867. The summed E-state index contributed by atoms with van der Waals surface area (Å²) in [4.78, 5) is 0. The number of hydrogen-bond donors (Lipinski definition) is 4. The molecule has 0 saturated heterocycles. The first-order valence-corrected chi connectivity index (χ1v) is 9.36. The molecule has 0 fully saturated rings. The van der Waals surface area contributed by atoms with Crippen LogP contribution in [0.1, 0.15) is 52.9 Å². The van der Waals surface area contributed by atoms with E-state index in [0.717, 1.165) is 19.3 Å².